The van der Waals surface area contributed by atoms with Crippen LogP contribution in [0.25, 0.3) is 4.91 Å². The number of carbonyl (C=O) groups is 3. The number of nitrogens with zero attached hydrogens (tertiary/aromatic N) is 4. The van der Waals surface area contributed by atoms with Crippen molar-refractivity contribution in [2.24, 2.45) is 14.1 Å². The van der Waals surface area contributed by atoms with Crippen molar-refractivity contribution in [3.05, 3.63) is 32.0 Å². The van der Waals surface area contributed by atoms with Gasteiger partial charge >= 0.3 is 11.7 Å². The molecule has 0 atom stereocenters. The summed E-state index contributed by atoms with van der Waals surface area (Å²) in [6.45, 7) is 0. The Kier molecular flexibility index (Phi) is 4.62. The van der Waals surface area contributed by atoms with Crippen molar-refractivity contribution >= 4 is 34.5 Å². The van der Waals surface area contributed by atoms with Crippen LogP contribution in [-0.2, 0) is 23.7 Å². The summed E-state index contributed by atoms with van der Waals surface area (Å²) in [5, 5.41) is 12.4. The molecule has 134 valence electrons. The summed E-state index contributed by atoms with van der Waals surface area (Å²) in [4.78, 5) is 62.2. The first kappa shape index (κ1) is 18.5. The van der Waals surface area contributed by atoms with Crippen LogP contribution in [0.3, 0.4) is 0 Å². The Bertz CT molecular complexity index is 931. The molecule has 0 saturated carbocycles. The van der Waals surface area contributed by atoms with E-state index in [1.165, 1.54) is 34.4 Å². The van der Waals surface area contributed by atoms with Crippen LogP contribution in [0.5, 0.6) is 5.88 Å². The molecule has 0 N–H and O–H groups in total. The highest BCUT2D eigenvalue weighted by Gasteiger charge is 2.40. The fourth-order valence-electron chi connectivity index (χ4n) is 2.37. The molecule has 0 radical (unpaired) electrons. The van der Waals surface area contributed by atoms with Crippen LogP contribution in [0.4, 0.5) is 4.79 Å². The summed E-state index contributed by atoms with van der Waals surface area (Å²) < 4.78 is 1.42. The molecular weight excluding hydrogens is 352 g/mol. The van der Waals surface area contributed by atoms with Crippen molar-refractivity contribution in [1.29, 1.82) is 0 Å². The van der Waals surface area contributed by atoms with Gasteiger partial charge in [-0.25, -0.2) is 9.59 Å². The van der Waals surface area contributed by atoms with E-state index >= 15 is 0 Å². The van der Waals surface area contributed by atoms with Crippen LogP contribution in [0.2, 0.25) is 0 Å². The van der Waals surface area contributed by atoms with E-state index in [2.05, 4.69) is 0 Å². The lowest BCUT2D eigenvalue weighted by Crippen LogP contribution is -2.53. The normalized spacial score (nSPS) is 15.2. The van der Waals surface area contributed by atoms with Crippen molar-refractivity contribution in [3.63, 3.8) is 0 Å². The standard InChI is InChI=1S/C14H16N4O6S/c1-15-9(19)6(10(20)16(2)13(15)23)8(25-5)7-11(21)17(3)14(24)18(4)12(7)22/h19H,1-5H3/p-1. The lowest BCUT2D eigenvalue weighted by atomic mass is 10.1. The van der Waals surface area contributed by atoms with Crippen LogP contribution in [0.1, 0.15) is 5.56 Å². The quantitative estimate of drug-likeness (QED) is 0.450. The number of barbiturate groups is 1. The molecule has 0 unspecified atom stereocenters. The van der Waals surface area contributed by atoms with Crippen LogP contribution < -0.4 is 16.4 Å². The topological polar surface area (TPSA) is 125 Å². The van der Waals surface area contributed by atoms with Gasteiger partial charge in [-0.15, -0.1) is 11.8 Å². The van der Waals surface area contributed by atoms with E-state index in [1.807, 2.05) is 0 Å². The fraction of sp³-hybridized carbons (Fsp3) is 0.357. The average molecular weight is 367 g/mol. The molecule has 1 aliphatic heterocycles. The smallest absolute Gasteiger partial charge is 0.333 e. The van der Waals surface area contributed by atoms with E-state index in [9.17, 15) is 29.1 Å². The van der Waals surface area contributed by atoms with Crippen LogP contribution in [0.15, 0.2) is 15.2 Å². The lowest BCUT2D eigenvalue weighted by Gasteiger charge is -2.30. The number of amides is 4. The Morgan fingerprint density at radius 3 is 1.80 bits per heavy atom. The molecule has 0 spiro atoms. The molecule has 1 aromatic rings. The van der Waals surface area contributed by atoms with Gasteiger partial charge in [-0.05, 0) is 12.1 Å². The summed E-state index contributed by atoms with van der Waals surface area (Å²) in [5.74, 6) is -2.77. The predicted molar refractivity (Wildman–Crippen MR) is 87.7 cm³/mol. The average Bonchev–Trinajstić information content (AvgIpc) is 2.60. The van der Waals surface area contributed by atoms with Crippen molar-refractivity contribution in [1.82, 2.24) is 18.9 Å². The minimum atomic E-state index is -0.923. The molecule has 0 aromatic carbocycles. The van der Waals surface area contributed by atoms with E-state index < -0.39 is 46.1 Å². The number of imide groups is 2. The lowest BCUT2D eigenvalue weighted by molar-refractivity contribution is -0.280. The van der Waals surface area contributed by atoms with Gasteiger partial charge < -0.3 is 9.67 Å². The molecule has 2 rings (SSSR count). The second kappa shape index (κ2) is 6.24. The van der Waals surface area contributed by atoms with Gasteiger partial charge in [-0.1, -0.05) is 0 Å². The number of hydrogen-bond acceptors (Lipinski definition) is 7. The zero-order valence-corrected chi connectivity index (χ0v) is 15.0. The van der Waals surface area contributed by atoms with E-state index in [4.69, 9.17) is 0 Å². The molecule has 11 heteroatoms. The van der Waals surface area contributed by atoms with Crippen molar-refractivity contribution in [2.45, 2.75) is 0 Å². The minimum Gasteiger partial charge on any atom is -0.859 e. The van der Waals surface area contributed by atoms with Gasteiger partial charge in [0, 0.05) is 33.1 Å². The molecule has 2 heterocycles. The number of rotatable bonds is 2. The van der Waals surface area contributed by atoms with Crippen molar-refractivity contribution < 1.29 is 19.5 Å². The predicted octanol–water partition coefficient (Wildman–Crippen LogP) is -1.72. The summed E-state index contributed by atoms with van der Waals surface area (Å²) in [6, 6.07) is -0.824. The number of thioether (sulfide) groups is 1. The Balaban J connectivity index is 2.94. The second-order valence-corrected chi connectivity index (χ2v) is 6.12. The SMILES string of the molecule is CSC(=C1C(=O)N(C)C(=O)N(C)C1=O)c1c([O-])n(C)c(=O)n(C)c1=O. The van der Waals surface area contributed by atoms with E-state index in [1.54, 1.807) is 0 Å². The summed E-state index contributed by atoms with van der Waals surface area (Å²) in [7, 11) is 4.73. The van der Waals surface area contributed by atoms with Gasteiger partial charge in [0.05, 0.1) is 5.56 Å². The Hall–Kier alpha value is -2.82. The zero-order valence-electron chi connectivity index (χ0n) is 14.1. The summed E-state index contributed by atoms with van der Waals surface area (Å²) >= 11 is 0.839. The summed E-state index contributed by atoms with van der Waals surface area (Å²) in [5.41, 5.74) is -2.68. The Labute approximate surface area is 145 Å². The maximum atomic E-state index is 12.4. The van der Waals surface area contributed by atoms with Crippen LogP contribution in [0, 0.1) is 0 Å². The fourth-order valence-corrected chi connectivity index (χ4v) is 3.13. The number of aromatic nitrogens is 2. The first-order valence-electron chi connectivity index (χ1n) is 6.91. The third kappa shape index (κ3) is 2.56. The first-order chi connectivity index (χ1) is 11.6. The number of hydrogen-bond donors (Lipinski definition) is 0. The number of urea groups is 1. The highest BCUT2D eigenvalue weighted by molar-refractivity contribution is 8.07. The molecular formula is C14H15N4O6S-. The highest BCUT2D eigenvalue weighted by Crippen LogP contribution is 2.33. The minimum absolute atomic E-state index is 0.178. The van der Waals surface area contributed by atoms with Gasteiger partial charge in [0.25, 0.3) is 17.4 Å². The maximum absolute atomic E-state index is 12.4. The highest BCUT2D eigenvalue weighted by atomic mass is 32.2. The molecule has 25 heavy (non-hydrogen) atoms. The van der Waals surface area contributed by atoms with Crippen LogP contribution >= 0.6 is 11.8 Å². The zero-order chi connectivity index (χ0) is 19.2. The number of carbonyl (C=O) groups excluding carboxylic acids is 3. The Morgan fingerprint density at radius 2 is 1.36 bits per heavy atom. The van der Waals surface area contributed by atoms with Gasteiger partial charge in [0.1, 0.15) is 5.57 Å². The van der Waals surface area contributed by atoms with Gasteiger partial charge in [-0.3, -0.25) is 28.8 Å². The molecule has 1 fully saturated rings. The van der Waals surface area contributed by atoms with Gasteiger partial charge in [0.2, 0.25) is 0 Å². The van der Waals surface area contributed by atoms with Crippen molar-refractivity contribution in [2.75, 3.05) is 20.4 Å². The molecule has 1 saturated heterocycles. The summed E-state index contributed by atoms with van der Waals surface area (Å²) in [6.07, 6.45) is 1.48. The third-order valence-corrected chi connectivity index (χ3v) is 4.70. The van der Waals surface area contributed by atoms with E-state index in [-0.39, 0.29) is 4.91 Å². The molecule has 1 aromatic heterocycles. The number of likely N-dealkylation sites (N-methyl/N-ethyl adjacent to an activating group) is 2. The largest absolute Gasteiger partial charge is 0.859 e. The monoisotopic (exact) mass is 367 g/mol. The van der Waals surface area contributed by atoms with Gasteiger partial charge in [0.15, 0.2) is 0 Å². The van der Waals surface area contributed by atoms with E-state index in [0.29, 0.717) is 18.9 Å². The molecule has 4 amide bonds. The maximum Gasteiger partial charge on any atom is 0.333 e. The van der Waals surface area contributed by atoms with Crippen molar-refractivity contribution in [3.8, 4) is 5.88 Å². The van der Waals surface area contributed by atoms with Crippen LogP contribution in [-0.4, -0.2) is 57.1 Å². The van der Waals surface area contributed by atoms with Gasteiger partial charge in [-0.2, -0.15) is 0 Å². The molecule has 0 bridgehead atoms. The molecule has 10 nitrogen and oxygen atoms in total. The second-order valence-electron chi connectivity index (χ2n) is 5.31. The molecule has 0 aliphatic carbocycles. The molecule has 1 aliphatic rings. The third-order valence-electron chi connectivity index (χ3n) is 3.88. The van der Waals surface area contributed by atoms with E-state index in [0.717, 1.165) is 11.8 Å². The first-order valence-corrected chi connectivity index (χ1v) is 8.14. The Morgan fingerprint density at radius 1 is 0.880 bits per heavy atom.